The Labute approximate surface area is 207 Å². The lowest BCUT2D eigenvalue weighted by molar-refractivity contribution is 1.08. The predicted molar refractivity (Wildman–Crippen MR) is 147 cm³/mol. The van der Waals surface area contributed by atoms with E-state index in [9.17, 15) is 0 Å². The second-order valence-corrected chi connectivity index (χ2v) is 8.22. The Morgan fingerprint density at radius 3 is 1.94 bits per heavy atom. The van der Waals surface area contributed by atoms with Crippen LogP contribution in [0.15, 0.2) is 68.4 Å². The van der Waals surface area contributed by atoms with Gasteiger partial charge < -0.3 is 9.97 Å². The van der Waals surface area contributed by atoms with Crippen molar-refractivity contribution in [1.82, 2.24) is 35.1 Å². The molecule has 7 nitrogen and oxygen atoms in total. The topological polar surface area (TPSA) is 96.0 Å². The number of nitrogens with zero attached hydrogens (tertiary/aromatic N) is 5. The maximum absolute atomic E-state index is 4.60. The van der Waals surface area contributed by atoms with E-state index in [1.54, 1.807) is 24.7 Å². The molecule has 6 heterocycles. The number of aromatic amines is 2. The van der Waals surface area contributed by atoms with Gasteiger partial charge >= 0.3 is 0 Å². The molecule has 0 fully saturated rings. The van der Waals surface area contributed by atoms with Gasteiger partial charge in [-0.2, -0.15) is 0 Å². The van der Waals surface area contributed by atoms with Crippen molar-refractivity contribution >= 4 is 58.3 Å². The number of hydrogen-bond acceptors (Lipinski definition) is 5. The third kappa shape index (κ3) is 3.69. The molecule has 4 aromatic rings. The number of aromatic nitrogens is 7. The minimum atomic E-state index is 0.724. The van der Waals surface area contributed by atoms with Crippen LogP contribution in [-0.2, 0) is 0 Å². The minimum Gasteiger partial charge on any atom is -0.354 e. The summed E-state index contributed by atoms with van der Waals surface area (Å²) < 4.78 is 0. The van der Waals surface area contributed by atoms with Gasteiger partial charge in [0.05, 0.1) is 17.6 Å². The smallest absolute Gasteiger partial charge is 0.113 e. The van der Waals surface area contributed by atoms with Crippen molar-refractivity contribution in [2.45, 2.75) is 0 Å². The Kier molecular flexibility index (Phi) is 5.27. The van der Waals surface area contributed by atoms with E-state index in [0.717, 1.165) is 67.0 Å². The van der Waals surface area contributed by atoms with Crippen LogP contribution in [0.1, 0.15) is 33.9 Å². The molecule has 7 heteroatoms. The highest BCUT2D eigenvalue weighted by Gasteiger charge is 2.12. The molecule has 0 radical (unpaired) electrons. The lowest BCUT2D eigenvalue weighted by Crippen LogP contribution is -1.78. The second-order valence-electron chi connectivity index (χ2n) is 8.22. The number of pyridine rings is 2. The van der Waals surface area contributed by atoms with Crippen molar-refractivity contribution in [3.8, 4) is 11.3 Å². The normalized spacial score (nSPS) is 11.9. The third-order valence-corrected chi connectivity index (χ3v) is 6.15. The van der Waals surface area contributed by atoms with Crippen LogP contribution in [0.2, 0.25) is 0 Å². The van der Waals surface area contributed by atoms with Crippen LogP contribution in [0.5, 0.6) is 0 Å². The van der Waals surface area contributed by atoms with E-state index in [2.05, 4.69) is 48.3 Å². The average Bonchev–Trinajstić information content (AvgIpc) is 3.55. The van der Waals surface area contributed by atoms with E-state index in [0.29, 0.717) is 0 Å². The molecule has 0 unspecified atom stereocenters. The number of H-pyrrole nitrogens is 2. The van der Waals surface area contributed by atoms with Gasteiger partial charge in [0.25, 0.3) is 0 Å². The molecule has 0 amide bonds. The second kappa shape index (κ2) is 8.88. The zero-order chi connectivity index (χ0) is 24.5. The quantitative estimate of drug-likeness (QED) is 0.297. The van der Waals surface area contributed by atoms with Gasteiger partial charge in [0.15, 0.2) is 0 Å². The summed E-state index contributed by atoms with van der Waals surface area (Å²) >= 11 is 0. The van der Waals surface area contributed by atoms with Gasteiger partial charge in [0, 0.05) is 74.7 Å². The molecule has 0 saturated heterocycles. The van der Waals surface area contributed by atoms with E-state index in [1.807, 2.05) is 67.0 Å². The van der Waals surface area contributed by atoms with E-state index in [4.69, 9.17) is 0 Å². The molecule has 36 heavy (non-hydrogen) atoms. The molecule has 0 spiro atoms. The fourth-order valence-corrected chi connectivity index (χ4v) is 4.35. The molecule has 0 aromatic carbocycles. The van der Waals surface area contributed by atoms with E-state index >= 15 is 0 Å². The minimum absolute atomic E-state index is 0.724. The van der Waals surface area contributed by atoms with Crippen LogP contribution in [0.4, 0.5) is 0 Å². The fourth-order valence-electron chi connectivity index (χ4n) is 4.35. The first kappa shape index (κ1) is 21.4. The lowest BCUT2D eigenvalue weighted by Gasteiger charge is -1.94. The number of rotatable bonds is 6. The number of nitrogens with one attached hydrogen (secondary N) is 2. The van der Waals surface area contributed by atoms with Crippen LogP contribution < -0.4 is 0 Å². The van der Waals surface area contributed by atoms with Crippen LogP contribution in [-0.4, -0.2) is 35.1 Å². The number of fused-ring (bicyclic) bond motifs is 3. The van der Waals surface area contributed by atoms with Crippen molar-refractivity contribution < 1.29 is 0 Å². The van der Waals surface area contributed by atoms with E-state index < -0.39 is 0 Å². The van der Waals surface area contributed by atoms with Crippen LogP contribution >= 0.6 is 0 Å². The van der Waals surface area contributed by atoms with Crippen LogP contribution in [0.3, 0.4) is 0 Å². The molecule has 0 atom stereocenters. The summed E-state index contributed by atoms with van der Waals surface area (Å²) in [6, 6.07) is 7.86. The lowest BCUT2D eigenvalue weighted by atomic mass is 10.1. The Hall–Kier alpha value is -5.17. The van der Waals surface area contributed by atoms with Crippen molar-refractivity contribution in [1.29, 1.82) is 0 Å². The maximum Gasteiger partial charge on any atom is 0.113 e. The standard InChI is InChI=1S/C29H21N7/c1-3-24-19(22-15-30-13-11-26(22)33-24)7-5-18-6-8-21-28(35-36-29(21)17-32-18)10-9-20-23-16-31-14-12-27(23)34-25(20)4-2/h3-17,33-34H,1-2H2/b7-5+,10-9+. The first-order valence-electron chi connectivity index (χ1n) is 11.4. The monoisotopic (exact) mass is 467 g/mol. The number of hydrogen-bond donors (Lipinski definition) is 2. The molecule has 0 aliphatic carbocycles. The largest absolute Gasteiger partial charge is 0.354 e. The van der Waals surface area contributed by atoms with E-state index in [1.165, 1.54) is 0 Å². The van der Waals surface area contributed by atoms with Crippen molar-refractivity contribution in [2.75, 3.05) is 0 Å². The summed E-state index contributed by atoms with van der Waals surface area (Å²) in [5, 5.41) is 10.8. The highest BCUT2D eigenvalue weighted by molar-refractivity contribution is 5.96. The summed E-state index contributed by atoms with van der Waals surface area (Å²) in [5.41, 5.74) is 9.14. The molecule has 2 N–H and O–H groups in total. The highest BCUT2D eigenvalue weighted by Crippen LogP contribution is 2.28. The average molecular weight is 468 g/mol. The Morgan fingerprint density at radius 2 is 1.31 bits per heavy atom. The molecule has 0 saturated carbocycles. The summed E-state index contributed by atoms with van der Waals surface area (Å²) in [5.74, 6) is 0. The molecule has 6 rings (SSSR count). The van der Waals surface area contributed by atoms with Crippen molar-refractivity contribution in [3.05, 3.63) is 102 Å². The van der Waals surface area contributed by atoms with Gasteiger partial charge in [-0.3, -0.25) is 15.0 Å². The summed E-state index contributed by atoms with van der Waals surface area (Å²) in [7, 11) is 0. The van der Waals surface area contributed by atoms with Crippen LogP contribution in [0.25, 0.3) is 69.5 Å². The van der Waals surface area contributed by atoms with Gasteiger partial charge in [0.1, 0.15) is 5.69 Å². The zero-order valence-electron chi connectivity index (χ0n) is 19.3. The molecule has 4 aromatic heterocycles. The van der Waals surface area contributed by atoms with Gasteiger partial charge in [-0.25, -0.2) is 0 Å². The molecule has 0 bridgehead atoms. The summed E-state index contributed by atoms with van der Waals surface area (Å²) in [6.45, 7) is 7.85. The van der Waals surface area contributed by atoms with Gasteiger partial charge in [-0.15, -0.1) is 10.2 Å². The van der Waals surface area contributed by atoms with Crippen LogP contribution in [0, 0.1) is 0 Å². The summed E-state index contributed by atoms with van der Waals surface area (Å²) in [6.07, 6.45) is 20.6. The van der Waals surface area contributed by atoms with Gasteiger partial charge in [0.2, 0.25) is 0 Å². The zero-order valence-corrected chi connectivity index (χ0v) is 19.3. The Morgan fingerprint density at radius 1 is 0.667 bits per heavy atom. The predicted octanol–water partition coefficient (Wildman–Crippen LogP) is 6.36. The van der Waals surface area contributed by atoms with E-state index in [-0.39, 0.29) is 0 Å². The summed E-state index contributed by atoms with van der Waals surface area (Å²) in [4.78, 5) is 19.8. The van der Waals surface area contributed by atoms with Gasteiger partial charge in [-0.05, 0) is 54.6 Å². The molecule has 2 aliphatic rings. The van der Waals surface area contributed by atoms with Crippen molar-refractivity contribution in [2.24, 2.45) is 0 Å². The molecular formula is C29H21N7. The first-order chi connectivity index (χ1) is 17.7. The maximum atomic E-state index is 4.60. The Balaban J connectivity index is 1.34. The third-order valence-electron chi connectivity index (χ3n) is 6.15. The molecular weight excluding hydrogens is 446 g/mol. The van der Waals surface area contributed by atoms with Gasteiger partial charge in [-0.1, -0.05) is 19.2 Å². The van der Waals surface area contributed by atoms with Crippen molar-refractivity contribution in [3.63, 3.8) is 0 Å². The Bertz CT molecular complexity index is 1780. The highest BCUT2D eigenvalue weighted by atomic mass is 15.1. The molecule has 172 valence electrons. The SMILES string of the molecule is C=Cc1[nH]c2ccncc2c1/C=C/c1ccc2c(/C=C/c3c(C=C)[nH]c4ccncc34)nnc-2cn1. The molecule has 2 aliphatic heterocycles. The first-order valence-corrected chi connectivity index (χ1v) is 11.4. The fraction of sp³-hybridized carbons (Fsp3) is 0.